The summed E-state index contributed by atoms with van der Waals surface area (Å²) in [6.07, 6.45) is -8.02. The van der Waals surface area contributed by atoms with E-state index in [2.05, 4.69) is 4.74 Å². The maximum atomic E-state index is 12.6. The van der Waals surface area contributed by atoms with Crippen LogP contribution >= 0.6 is 0 Å². The molecule has 1 aromatic carbocycles. The standard InChI is InChI=1S/C11H10BF3O5S/c12-5-7-2-1-3-8(4-7)10(16)20-9(11(13,14)15)6-21(17,18)19/h1-4,9H,5-6H2,(H,17,18,19). The van der Waals surface area contributed by atoms with Crippen LogP contribution in [0.15, 0.2) is 24.3 Å². The van der Waals surface area contributed by atoms with Crippen molar-refractivity contribution in [3.05, 3.63) is 35.4 Å². The highest BCUT2D eigenvalue weighted by Crippen LogP contribution is 2.25. The van der Waals surface area contributed by atoms with Crippen LogP contribution < -0.4 is 0 Å². The molecule has 0 aromatic heterocycles. The van der Waals surface area contributed by atoms with Gasteiger partial charge in [0.2, 0.25) is 6.10 Å². The Labute approximate surface area is 120 Å². The summed E-state index contributed by atoms with van der Waals surface area (Å²) in [4.78, 5) is 11.6. The molecule has 2 radical (unpaired) electrons. The fourth-order valence-electron chi connectivity index (χ4n) is 1.41. The number of benzene rings is 1. The van der Waals surface area contributed by atoms with E-state index in [1.54, 1.807) is 6.07 Å². The van der Waals surface area contributed by atoms with Gasteiger partial charge in [-0.3, -0.25) is 4.55 Å². The van der Waals surface area contributed by atoms with Gasteiger partial charge in [0, 0.05) is 0 Å². The molecule has 0 saturated carbocycles. The van der Waals surface area contributed by atoms with E-state index in [1.165, 1.54) is 18.2 Å². The van der Waals surface area contributed by atoms with Crippen molar-refractivity contribution in [2.45, 2.75) is 18.6 Å². The molecule has 10 heteroatoms. The van der Waals surface area contributed by atoms with Crippen molar-refractivity contribution in [2.75, 3.05) is 5.75 Å². The number of esters is 1. The highest BCUT2D eigenvalue weighted by Gasteiger charge is 2.45. The maximum Gasteiger partial charge on any atom is 0.426 e. The zero-order valence-electron chi connectivity index (χ0n) is 10.5. The Morgan fingerprint density at radius 3 is 2.48 bits per heavy atom. The molecular formula is C11H10BF3O5S. The van der Waals surface area contributed by atoms with Crippen LogP contribution in [0.5, 0.6) is 0 Å². The van der Waals surface area contributed by atoms with Gasteiger partial charge in [-0.15, -0.1) is 0 Å². The third kappa shape index (κ3) is 5.76. The lowest BCUT2D eigenvalue weighted by Gasteiger charge is -2.19. The summed E-state index contributed by atoms with van der Waals surface area (Å²) in [7, 11) is 0.364. The van der Waals surface area contributed by atoms with Gasteiger partial charge in [-0.25, -0.2) is 4.79 Å². The Morgan fingerprint density at radius 2 is 2.00 bits per heavy atom. The molecule has 1 N–H and O–H groups in total. The van der Waals surface area contributed by atoms with Crippen LogP contribution in [0.4, 0.5) is 13.2 Å². The van der Waals surface area contributed by atoms with E-state index in [-0.39, 0.29) is 11.9 Å². The summed E-state index contributed by atoms with van der Waals surface area (Å²) in [5.74, 6) is -3.13. The van der Waals surface area contributed by atoms with Crippen LogP contribution in [-0.4, -0.2) is 44.8 Å². The van der Waals surface area contributed by atoms with E-state index >= 15 is 0 Å². The zero-order chi connectivity index (χ0) is 16.3. The molecule has 1 aromatic rings. The molecule has 0 aliphatic heterocycles. The van der Waals surface area contributed by atoms with Crippen LogP contribution in [0.3, 0.4) is 0 Å². The fraction of sp³-hybridized carbons (Fsp3) is 0.364. The molecule has 1 atom stereocenters. The molecule has 21 heavy (non-hydrogen) atoms. The van der Waals surface area contributed by atoms with E-state index in [0.29, 0.717) is 5.56 Å². The van der Waals surface area contributed by atoms with Gasteiger partial charge in [0.25, 0.3) is 10.1 Å². The highest BCUT2D eigenvalue weighted by molar-refractivity contribution is 7.85. The van der Waals surface area contributed by atoms with Crippen molar-refractivity contribution in [3.8, 4) is 0 Å². The van der Waals surface area contributed by atoms with Crippen LogP contribution in [-0.2, 0) is 21.2 Å². The Hall–Kier alpha value is -1.55. The van der Waals surface area contributed by atoms with Gasteiger partial charge < -0.3 is 4.74 Å². The Balaban J connectivity index is 2.95. The van der Waals surface area contributed by atoms with E-state index < -0.39 is 34.1 Å². The van der Waals surface area contributed by atoms with E-state index in [9.17, 15) is 26.4 Å². The molecular weight excluding hydrogens is 312 g/mol. The number of hydrogen-bond donors (Lipinski definition) is 1. The average Bonchev–Trinajstić information content (AvgIpc) is 2.35. The van der Waals surface area contributed by atoms with Crippen LogP contribution in [0.25, 0.3) is 0 Å². The summed E-state index contributed by atoms with van der Waals surface area (Å²) in [5, 5.41) is 0. The van der Waals surface area contributed by atoms with Gasteiger partial charge in [-0.1, -0.05) is 24.0 Å². The molecule has 0 saturated heterocycles. The molecule has 1 unspecified atom stereocenters. The summed E-state index contributed by atoms with van der Waals surface area (Å²) in [6, 6.07) is 5.37. The Kier molecular flexibility index (Phi) is 5.40. The van der Waals surface area contributed by atoms with Crippen molar-refractivity contribution in [2.24, 2.45) is 0 Å². The first kappa shape index (κ1) is 17.5. The van der Waals surface area contributed by atoms with E-state index in [4.69, 9.17) is 12.4 Å². The molecule has 0 bridgehead atoms. The Bertz CT molecular complexity index is 615. The second-order valence-corrected chi connectivity index (χ2v) is 5.59. The molecule has 0 heterocycles. The molecule has 0 aliphatic carbocycles. The van der Waals surface area contributed by atoms with Crippen LogP contribution in [0, 0.1) is 0 Å². The topological polar surface area (TPSA) is 80.7 Å². The summed E-state index contributed by atoms with van der Waals surface area (Å²) >= 11 is 0. The number of carbonyl (C=O) groups is 1. The maximum absolute atomic E-state index is 12.6. The lowest BCUT2D eigenvalue weighted by atomic mass is 9.96. The zero-order valence-corrected chi connectivity index (χ0v) is 11.3. The van der Waals surface area contributed by atoms with Crippen LogP contribution in [0.1, 0.15) is 15.9 Å². The normalized spacial score (nSPS) is 13.7. The Morgan fingerprint density at radius 1 is 1.38 bits per heavy atom. The number of alkyl halides is 3. The summed E-state index contributed by atoms with van der Waals surface area (Å²) in [6.45, 7) is 0. The molecule has 0 aliphatic rings. The monoisotopic (exact) mass is 322 g/mol. The van der Waals surface area contributed by atoms with Crippen molar-refractivity contribution >= 4 is 23.9 Å². The quantitative estimate of drug-likeness (QED) is 0.502. The molecule has 0 fully saturated rings. The smallest absolute Gasteiger partial charge is 0.426 e. The number of carbonyl (C=O) groups excluding carboxylic acids is 1. The van der Waals surface area contributed by atoms with E-state index in [1.807, 2.05) is 0 Å². The van der Waals surface area contributed by atoms with E-state index in [0.717, 1.165) is 0 Å². The predicted octanol–water partition coefficient (Wildman–Crippen LogP) is 1.33. The first-order valence-electron chi connectivity index (χ1n) is 5.55. The summed E-state index contributed by atoms with van der Waals surface area (Å²) in [5.41, 5.74) is 0.283. The van der Waals surface area contributed by atoms with Crippen molar-refractivity contribution < 1.29 is 35.7 Å². The fourth-order valence-corrected chi connectivity index (χ4v) is 2.05. The largest absolute Gasteiger partial charge is 0.448 e. The number of rotatable bonds is 5. The SMILES string of the molecule is [B]Cc1cccc(C(=O)OC(CS(=O)(=O)O)C(F)(F)F)c1. The van der Waals surface area contributed by atoms with Crippen molar-refractivity contribution in [1.29, 1.82) is 0 Å². The lowest BCUT2D eigenvalue weighted by Crippen LogP contribution is -2.39. The minimum atomic E-state index is -5.13. The molecule has 1 rings (SSSR count). The predicted molar refractivity (Wildman–Crippen MR) is 67.6 cm³/mol. The van der Waals surface area contributed by atoms with Gasteiger partial charge >= 0.3 is 12.1 Å². The highest BCUT2D eigenvalue weighted by atomic mass is 32.2. The van der Waals surface area contributed by atoms with Gasteiger partial charge in [-0.05, 0) is 12.1 Å². The molecule has 0 spiro atoms. The molecule has 0 amide bonds. The lowest BCUT2D eigenvalue weighted by molar-refractivity contribution is -0.197. The third-order valence-corrected chi connectivity index (χ3v) is 3.10. The minimum absolute atomic E-state index is 0.0643. The first-order chi connectivity index (χ1) is 9.53. The summed E-state index contributed by atoms with van der Waals surface area (Å²) < 4.78 is 71.5. The molecule has 114 valence electrons. The van der Waals surface area contributed by atoms with Gasteiger partial charge in [-0.2, -0.15) is 21.6 Å². The minimum Gasteiger partial charge on any atom is -0.448 e. The number of ether oxygens (including phenoxy) is 1. The van der Waals surface area contributed by atoms with Gasteiger partial charge in [0.05, 0.1) is 13.4 Å². The average molecular weight is 322 g/mol. The third-order valence-electron chi connectivity index (χ3n) is 2.37. The van der Waals surface area contributed by atoms with Crippen LogP contribution in [0.2, 0.25) is 0 Å². The number of halogens is 3. The first-order valence-corrected chi connectivity index (χ1v) is 7.15. The number of hydrogen-bond acceptors (Lipinski definition) is 4. The molecule has 5 nitrogen and oxygen atoms in total. The second-order valence-electron chi connectivity index (χ2n) is 4.09. The second kappa shape index (κ2) is 6.48. The van der Waals surface area contributed by atoms with Gasteiger partial charge in [0.15, 0.2) is 0 Å². The van der Waals surface area contributed by atoms with Gasteiger partial charge in [0.1, 0.15) is 5.75 Å². The van der Waals surface area contributed by atoms with Crippen molar-refractivity contribution in [1.82, 2.24) is 0 Å². The van der Waals surface area contributed by atoms with Crippen molar-refractivity contribution in [3.63, 3.8) is 0 Å².